The first-order valence-electron chi connectivity index (χ1n) is 8.93. The van der Waals surface area contributed by atoms with E-state index in [2.05, 4.69) is 15.5 Å². The number of aromatic nitrogens is 3. The molecule has 1 N–H and O–H groups in total. The molecule has 0 unspecified atom stereocenters. The Balaban J connectivity index is 1.30. The maximum absolute atomic E-state index is 12.3. The number of rotatable bonds is 6. The molecule has 1 fully saturated rings. The number of hydrogen-bond donors (Lipinski definition) is 1. The minimum atomic E-state index is -0.852. The van der Waals surface area contributed by atoms with Crippen molar-refractivity contribution in [2.45, 2.75) is 43.5 Å². The number of hydrogen-bond acceptors (Lipinski definition) is 7. The van der Waals surface area contributed by atoms with Gasteiger partial charge in [-0.05, 0) is 31.9 Å². The molecule has 142 valence electrons. The van der Waals surface area contributed by atoms with Gasteiger partial charge in [0.05, 0.1) is 5.75 Å². The zero-order valence-corrected chi connectivity index (χ0v) is 15.7. The summed E-state index contributed by atoms with van der Waals surface area (Å²) in [5.74, 6) is 1.75. The lowest BCUT2D eigenvalue weighted by Crippen LogP contribution is -2.46. The SMILES string of the molecule is CCn1c(SCC(=O)NC(=O)[C@@H]2COc3ccccc3O2)nnc1C1CC1. The molecule has 4 rings (SSSR count). The van der Waals surface area contributed by atoms with E-state index in [0.29, 0.717) is 22.6 Å². The van der Waals surface area contributed by atoms with Crippen molar-refractivity contribution in [3.8, 4) is 11.5 Å². The van der Waals surface area contributed by atoms with Gasteiger partial charge in [-0.3, -0.25) is 14.9 Å². The van der Waals surface area contributed by atoms with Crippen molar-refractivity contribution in [3.05, 3.63) is 30.1 Å². The second kappa shape index (κ2) is 7.59. The van der Waals surface area contributed by atoms with E-state index < -0.39 is 17.9 Å². The van der Waals surface area contributed by atoms with Crippen LogP contribution in [0.5, 0.6) is 11.5 Å². The van der Waals surface area contributed by atoms with Crippen LogP contribution in [0.15, 0.2) is 29.4 Å². The van der Waals surface area contributed by atoms with E-state index in [4.69, 9.17) is 9.47 Å². The molecule has 0 spiro atoms. The van der Waals surface area contributed by atoms with Crippen molar-refractivity contribution in [2.75, 3.05) is 12.4 Å². The predicted octanol–water partition coefficient (Wildman–Crippen LogP) is 1.75. The van der Waals surface area contributed by atoms with E-state index in [9.17, 15) is 9.59 Å². The molecule has 1 aromatic heterocycles. The quantitative estimate of drug-likeness (QED) is 0.753. The van der Waals surface area contributed by atoms with Crippen LogP contribution in [0.3, 0.4) is 0 Å². The molecular weight excluding hydrogens is 368 g/mol. The molecule has 0 bridgehead atoms. The fourth-order valence-electron chi connectivity index (χ4n) is 2.88. The molecule has 9 heteroatoms. The number of carbonyl (C=O) groups excluding carboxylic acids is 2. The van der Waals surface area contributed by atoms with Crippen molar-refractivity contribution >= 4 is 23.6 Å². The van der Waals surface area contributed by atoms with E-state index in [-0.39, 0.29) is 12.4 Å². The molecular formula is C18H20N4O4S. The summed E-state index contributed by atoms with van der Waals surface area (Å²) < 4.78 is 13.1. The van der Waals surface area contributed by atoms with Gasteiger partial charge in [0.15, 0.2) is 16.7 Å². The van der Waals surface area contributed by atoms with Crippen molar-refractivity contribution < 1.29 is 19.1 Å². The monoisotopic (exact) mass is 388 g/mol. The van der Waals surface area contributed by atoms with E-state index in [1.54, 1.807) is 18.2 Å². The Morgan fingerprint density at radius 1 is 1.26 bits per heavy atom. The van der Waals surface area contributed by atoms with Gasteiger partial charge in [0.2, 0.25) is 12.0 Å². The molecule has 0 saturated heterocycles. The molecule has 2 heterocycles. The summed E-state index contributed by atoms with van der Waals surface area (Å²) in [6.07, 6.45) is 1.43. The molecule has 1 saturated carbocycles. The Morgan fingerprint density at radius 3 is 2.78 bits per heavy atom. The third-order valence-corrected chi connectivity index (χ3v) is 5.37. The number of carbonyl (C=O) groups is 2. The van der Waals surface area contributed by atoms with E-state index in [1.165, 1.54) is 11.8 Å². The van der Waals surface area contributed by atoms with Crippen LogP contribution in [-0.4, -0.2) is 45.0 Å². The van der Waals surface area contributed by atoms with Gasteiger partial charge in [0.25, 0.3) is 5.91 Å². The van der Waals surface area contributed by atoms with Crippen molar-refractivity contribution in [3.63, 3.8) is 0 Å². The van der Waals surface area contributed by atoms with E-state index in [1.807, 2.05) is 17.6 Å². The Labute approximate surface area is 160 Å². The van der Waals surface area contributed by atoms with Crippen LogP contribution in [0, 0.1) is 0 Å². The molecule has 2 aliphatic rings. The van der Waals surface area contributed by atoms with Crippen LogP contribution in [0.25, 0.3) is 0 Å². The van der Waals surface area contributed by atoms with Crippen LogP contribution in [0.4, 0.5) is 0 Å². The number of imide groups is 1. The standard InChI is InChI=1S/C18H20N4O4S/c1-2-22-16(11-7-8-11)20-21-18(22)27-10-15(23)19-17(24)14-9-25-12-5-3-4-6-13(12)26-14/h3-6,11,14H,2,7-10H2,1H3,(H,19,23,24)/t14-/m0/s1. The molecule has 0 radical (unpaired) electrons. The minimum Gasteiger partial charge on any atom is -0.485 e. The molecule has 1 atom stereocenters. The smallest absolute Gasteiger partial charge is 0.271 e. The normalized spacial score (nSPS) is 18.2. The number of para-hydroxylation sites is 2. The summed E-state index contributed by atoms with van der Waals surface area (Å²) >= 11 is 1.28. The number of nitrogens with zero attached hydrogens (tertiary/aromatic N) is 3. The van der Waals surface area contributed by atoms with Crippen LogP contribution in [0.2, 0.25) is 0 Å². The summed E-state index contributed by atoms with van der Waals surface area (Å²) in [5, 5.41) is 11.5. The predicted molar refractivity (Wildman–Crippen MR) is 97.9 cm³/mol. The van der Waals surface area contributed by atoms with Crippen LogP contribution in [-0.2, 0) is 16.1 Å². The second-order valence-corrected chi connectivity index (χ2v) is 7.37. The topological polar surface area (TPSA) is 95.3 Å². The summed E-state index contributed by atoms with van der Waals surface area (Å²) in [6, 6.07) is 7.11. The lowest BCUT2D eigenvalue weighted by molar-refractivity contribution is -0.135. The first kappa shape index (κ1) is 17.8. The van der Waals surface area contributed by atoms with Gasteiger partial charge in [-0.15, -0.1) is 10.2 Å². The highest BCUT2D eigenvalue weighted by Crippen LogP contribution is 2.40. The largest absolute Gasteiger partial charge is 0.485 e. The second-order valence-electron chi connectivity index (χ2n) is 6.42. The molecule has 1 aliphatic carbocycles. The zero-order chi connectivity index (χ0) is 18.8. The summed E-state index contributed by atoms with van der Waals surface area (Å²) in [6.45, 7) is 2.85. The van der Waals surface area contributed by atoms with E-state index >= 15 is 0 Å². The number of benzene rings is 1. The Morgan fingerprint density at radius 2 is 2.04 bits per heavy atom. The highest BCUT2D eigenvalue weighted by Gasteiger charge is 2.31. The fourth-order valence-corrected chi connectivity index (χ4v) is 3.69. The molecule has 2 aromatic rings. The number of amides is 2. The van der Waals surface area contributed by atoms with Crippen molar-refractivity contribution in [2.24, 2.45) is 0 Å². The first-order chi connectivity index (χ1) is 13.2. The number of ether oxygens (including phenoxy) is 2. The van der Waals surface area contributed by atoms with Gasteiger partial charge in [0, 0.05) is 12.5 Å². The van der Waals surface area contributed by atoms with Gasteiger partial charge in [-0.25, -0.2) is 0 Å². The lowest BCUT2D eigenvalue weighted by Gasteiger charge is -2.25. The molecule has 2 amide bonds. The van der Waals surface area contributed by atoms with Crippen molar-refractivity contribution in [1.82, 2.24) is 20.1 Å². The van der Waals surface area contributed by atoms with E-state index in [0.717, 1.165) is 25.2 Å². The Bertz CT molecular complexity index is 865. The van der Waals surface area contributed by atoms with Gasteiger partial charge in [0.1, 0.15) is 12.4 Å². The molecule has 1 aromatic carbocycles. The average Bonchev–Trinajstić information content (AvgIpc) is 3.45. The third kappa shape index (κ3) is 3.92. The minimum absolute atomic E-state index is 0.0676. The Hall–Kier alpha value is -2.55. The van der Waals surface area contributed by atoms with Gasteiger partial charge >= 0.3 is 0 Å². The zero-order valence-electron chi connectivity index (χ0n) is 14.9. The highest BCUT2D eigenvalue weighted by atomic mass is 32.2. The maximum Gasteiger partial charge on any atom is 0.271 e. The molecule has 1 aliphatic heterocycles. The van der Waals surface area contributed by atoms with Gasteiger partial charge < -0.3 is 14.0 Å². The van der Waals surface area contributed by atoms with Gasteiger partial charge in [-0.2, -0.15) is 0 Å². The summed E-state index contributed by atoms with van der Waals surface area (Å²) in [4.78, 5) is 24.4. The highest BCUT2D eigenvalue weighted by molar-refractivity contribution is 7.99. The van der Waals surface area contributed by atoms with Crippen LogP contribution < -0.4 is 14.8 Å². The summed E-state index contributed by atoms with van der Waals surface area (Å²) in [5.41, 5.74) is 0. The molecule has 8 nitrogen and oxygen atoms in total. The summed E-state index contributed by atoms with van der Waals surface area (Å²) in [7, 11) is 0. The number of nitrogens with one attached hydrogen (secondary N) is 1. The van der Waals surface area contributed by atoms with Crippen LogP contribution >= 0.6 is 11.8 Å². The average molecular weight is 388 g/mol. The third-order valence-electron chi connectivity index (χ3n) is 4.40. The Kier molecular flexibility index (Phi) is 5.02. The first-order valence-corrected chi connectivity index (χ1v) is 9.92. The number of fused-ring (bicyclic) bond motifs is 1. The van der Waals surface area contributed by atoms with Gasteiger partial charge in [-0.1, -0.05) is 23.9 Å². The fraction of sp³-hybridized carbons (Fsp3) is 0.444. The lowest BCUT2D eigenvalue weighted by atomic mass is 10.2. The molecule has 27 heavy (non-hydrogen) atoms. The number of thioether (sulfide) groups is 1. The maximum atomic E-state index is 12.3. The van der Waals surface area contributed by atoms with Crippen LogP contribution in [0.1, 0.15) is 31.5 Å². The van der Waals surface area contributed by atoms with Crippen molar-refractivity contribution in [1.29, 1.82) is 0 Å².